The van der Waals surface area contributed by atoms with Crippen molar-refractivity contribution in [3.05, 3.63) is 74.8 Å². The quantitative estimate of drug-likeness (QED) is 0.486. The Morgan fingerprint density at radius 2 is 1.94 bits per heavy atom. The van der Waals surface area contributed by atoms with E-state index in [0.29, 0.717) is 29.1 Å². The number of fused-ring (bicyclic) bond motifs is 2. The number of carbonyl (C=O) groups is 1. The van der Waals surface area contributed by atoms with Gasteiger partial charge in [0.1, 0.15) is 16.0 Å². The third-order valence-corrected chi connectivity index (χ3v) is 6.71. The van der Waals surface area contributed by atoms with Gasteiger partial charge in [-0.15, -0.1) is 0 Å². The number of aromatic nitrogens is 3. The average molecular weight is 518 g/mol. The Bertz CT molecular complexity index is 1310. The SMILES string of the molecule is Cc1cc(C2C=Cc3nc(C(F)(F)F)ccc3N2)ccc1N1CCn2nc(Br)c(C)c2C1=O. The van der Waals surface area contributed by atoms with E-state index in [-0.39, 0.29) is 17.6 Å². The van der Waals surface area contributed by atoms with Crippen molar-refractivity contribution in [1.29, 1.82) is 0 Å². The van der Waals surface area contributed by atoms with E-state index in [1.807, 2.05) is 32.0 Å². The molecule has 0 aliphatic carbocycles. The van der Waals surface area contributed by atoms with Gasteiger partial charge in [-0.05, 0) is 65.2 Å². The van der Waals surface area contributed by atoms with Gasteiger partial charge in [0.25, 0.3) is 5.91 Å². The summed E-state index contributed by atoms with van der Waals surface area (Å²) in [6.07, 6.45) is -1.09. The van der Waals surface area contributed by atoms with E-state index in [1.54, 1.807) is 21.7 Å². The zero-order valence-corrected chi connectivity index (χ0v) is 19.3. The molecule has 0 spiro atoms. The molecule has 0 radical (unpaired) electrons. The second-order valence-electron chi connectivity index (χ2n) is 8.10. The number of hydrogen-bond acceptors (Lipinski definition) is 4. The average Bonchev–Trinajstić information content (AvgIpc) is 3.07. The number of pyridine rings is 1. The molecule has 1 atom stereocenters. The van der Waals surface area contributed by atoms with Crippen LogP contribution in [0.25, 0.3) is 6.08 Å². The van der Waals surface area contributed by atoms with Gasteiger partial charge in [-0.25, -0.2) is 4.98 Å². The molecule has 10 heteroatoms. The van der Waals surface area contributed by atoms with Crippen LogP contribution in [0.1, 0.15) is 44.6 Å². The van der Waals surface area contributed by atoms with E-state index < -0.39 is 11.9 Å². The first-order chi connectivity index (χ1) is 15.6. The Labute approximate surface area is 196 Å². The Morgan fingerprint density at radius 3 is 2.67 bits per heavy atom. The standard InChI is InChI=1S/C23H19BrF3N5O/c1-12-11-14(15-4-5-17-16(28-15)6-8-19(29-17)23(25,26)27)3-7-18(12)31-9-10-32-20(22(31)33)13(2)21(24)30-32/h3-8,11,15,28H,9-10H2,1-2H3. The second kappa shape index (κ2) is 7.72. The number of amides is 1. The van der Waals surface area contributed by atoms with Gasteiger partial charge in [0.15, 0.2) is 0 Å². The minimum atomic E-state index is -4.48. The highest BCUT2D eigenvalue weighted by atomic mass is 79.9. The van der Waals surface area contributed by atoms with Gasteiger partial charge in [0.2, 0.25) is 0 Å². The van der Waals surface area contributed by atoms with Crippen LogP contribution < -0.4 is 10.2 Å². The number of benzene rings is 1. The maximum Gasteiger partial charge on any atom is 0.433 e. The van der Waals surface area contributed by atoms with Crippen molar-refractivity contribution in [2.24, 2.45) is 0 Å². The summed E-state index contributed by atoms with van der Waals surface area (Å²) in [5.41, 5.74) is 3.96. The molecule has 0 saturated heterocycles. The van der Waals surface area contributed by atoms with Crippen LogP contribution in [0.15, 0.2) is 41.0 Å². The summed E-state index contributed by atoms with van der Waals surface area (Å²) in [4.78, 5) is 18.6. The molecule has 1 aromatic carbocycles. The molecule has 1 N–H and O–H groups in total. The molecule has 170 valence electrons. The lowest BCUT2D eigenvalue weighted by Gasteiger charge is -2.30. The van der Waals surface area contributed by atoms with Crippen molar-refractivity contribution in [3.63, 3.8) is 0 Å². The van der Waals surface area contributed by atoms with Gasteiger partial charge in [-0.2, -0.15) is 18.3 Å². The van der Waals surface area contributed by atoms with Crippen molar-refractivity contribution in [2.75, 3.05) is 16.8 Å². The summed E-state index contributed by atoms with van der Waals surface area (Å²) >= 11 is 3.40. The maximum atomic E-state index is 13.2. The lowest BCUT2D eigenvalue weighted by atomic mass is 9.99. The highest BCUT2D eigenvalue weighted by Gasteiger charge is 2.34. The van der Waals surface area contributed by atoms with E-state index in [4.69, 9.17) is 0 Å². The fraction of sp³-hybridized carbons (Fsp3) is 0.261. The molecular weight excluding hydrogens is 499 g/mol. The number of aryl methyl sites for hydroxylation is 1. The van der Waals surface area contributed by atoms with Crippen LogP contribution in [0.2, 0.25) is 0 Å². The predicted molar refractivity (Wildman–Crippen MR) is 122 cm³/mol. The van der Waals surface area contributed by atoms with E-state index in [9.17, 15) is 18.0 Å². The molecule has 2 aliphatic heterocycles. The summed E-state index contributed by atoms with van der Waals surface area (Å²) in [5.74, 6) is -0.0936. The number of alkyl halides is 3. The Hall–Kier alpha value is -3.14. The molecule has 2 aliphatic rings. The second-order valence-corrected chi connectivity index (χ2v) is 8.85. The van der Waals surface area contributed by atoms with Crippen LogP contribution in [-0.4, -0.2) is 27.2 Å². The topological polar surface area (TPSA) is 63.1 Å². The van der Waals surface area contributed by atoms with Gasteiger partial charge < -0.3 is 10.2 Å². The summed E-state index contributed by atoms with van der Waals surface area (Å²) in [6, 6.07) is 7.98. The molecule has 0 fully saturated rings. The van der Waals surface area contributed by atoms with E-state index in [1.165, 1.54) is 6.07 Å². The number of carbonyl (C=O) groups excluding carboxylic acids is 1. The van der Waals surface area contributed by atoms with E-state index >= 15 is 0 Å². The highest BCUT2D eigenvalue weighted by molar-refractivity contribution is 9.10. The lowest BCUT2D eigenvalue weighted by molar-refractivity contribution is -0.141. The first kappa shape index (κ1) is 21.7. The van der Waals surface area contributed by atoms with Crippen molar-refractivity contribution < 1.29 is 18.0 Å². The number of nitrogens with one attached hydrogen (secondary N) is 1. The molecule has 6 nitrogen and oxygen atoms in total. The van der Waals surface area contributed by atoms with Gasteiger partial charge in [0.05, 0.1) is 24.0 Å². The monoisotopic (exact) mass is 517 g/mol. The van der Waals surface area contributed by atoms with Crippen LogP contribution in [0, 0.1) is 13.8 Å². The minimum Gasteiger partial charge on any atom is -0.373 e. The fourth-order valence-corrected chi connectivity index (χ4v) is 4.64. The molecule has 0 bridgehead atoms. The summed E-state index contributed by atoms with van der Waals surface area (Å²) < 4.78 is 41.2. The van der Waals surface area contributed by atoms with Crippen LogP contribution in [0.5, 0.6) is 0 Å². The Kier molecular flexibility index (Phi) is 5.08. The maximum absolute atomic E-state index is 13.2. The van der Waals surface area contributed by atoms with Crippen molar-refractivity contribution in [3.8, 4) is 0 Å². The number of nitrogens with zero attached hydrogens (tertiary/aromatic N) is 4. The molecular formula is C23H19BrF3N5O. The molecule has 0 saturated carbocycles. The van der Waals surface area contributed by atoms with Gasteiger partial charge >= 0.3 is 6.18 Å². The fourth-order valence-electron chi connectivity index (χ4n) is 4.26. The largest absolute Gasteiger partial charge is 0.433 e. The Morgan fingerprint density at radius 1 is 1.15 bits per heavy atom. The van der Waals surface area contributed by atoms with Gasteiger partial charge in [0, 0.05) is 17.8 Å². The number of halogens is 4. The van der Waals surface area contributed by atoms with E-state index in [0.717, 1.165) is 28.4 Å². The predicted octanol–water partition coefficient (Wildman–Crippen LogP) is 5.52. The first-order valence-corrected chi connectivity index (χ1v) is 11.1. The minimum absolute atomic E-state index is 0.0936. The Balaban J connectivity index is 1.40. The van der Waals surface area contributed by atoms with Crippen LogP contribution in [0.3, 0.4) is 0 Å². The molecule has 1 amide bonds. The van der Waals surface area contributed by atoms with E-state index in [2.05, 4.69) is 31.3 Å². The zero-order chi connectivity index (χ0) is 23.5. The third-order valence-electron chi connectivity index (χ3n) is 5.96. The third kappa shape index (κ3) is 3.72. The number of rotatable bonds is 2. The smallest absolute Gasteiger partial charge is 0.373 e. The van der Waals surface area contributed by atoms with Gasteiger partial charge in [-0.3, -0.25) is 9.48 Å². The molecule has 3 aromatic rings. The molecule has 4 heterocycles. The summed E-state index contributed by atoms with van der Waals surface area (Å²) in [7, 11) is 0. The molecule has 33 heavy (non-hydrogen) atoms. The molecule has 2 aromatic heterocycles. The lowest BCUT2D eigenvalue weighted by Crippen LogP contribution is -2.41. The van der Waals surface area contributed by atoms with Crippen LogP contribution >= 0.6 is 15.9 Å². The number of anilines is 2. The molecule has 5 rings (SSSR count). The van der Waals surface area contributed by atoms with Crippen molar-refractivity contribution in [1.82, 2.24) is 14.8 Å². The van der Waals surface area contributed by atoms with Crippen LogP contribution in [0.4, 0.5) is 24.5 Å². The van der Waals surface area contributed by atoms with Crippen molar-refractivity contribution >= 4 is 39.3 Å². The molecule has 1 unspecified atom stereocenters. The van der Waals surface area contributed by atoms with Gasteiger partial charge in [-0.1, -0.05) is 18.2 Å². The zero-order valence-electron chi connectivity index (χ0n) is 17.7. The summed E-state index contributed by atoms with van der Waals surface area (Å²) in [5, 5.41) is 7.60. The number of hydrogen-bond donors (Lipinski definition) is 1. The summed E-state index contributed by atoms with van der Waals surface area (Å²) in [6.45, 7) is 4.93. The normalized spacial score (nSPS) is 17.6. The first-order valence-electron chi connectivity index (χ1n) is 10.3. The highest BCUT2D eigenvalue weighted by Crippen LogP contribution is 2.35. The van der Waals surface area contributed by atoms with Crippen LogP contribution in [-0.2, 0) is 12.7 Å². The van der Waals surface area contributed by atoms with Crippen molar-refractivity contribution in [2.45, 2.75) is 32.6 Å².